The fourth-order valence-corrected chi connectivity index (χ4v) is 5.37. The third kappa shape index (κ3) is 3.12. The van der Waals surface area contributed by atoms with E-state index in [-0.39, 0.29) is 17.9 Å². The summed E-state index contributed by atoms with van der Waals surface area (Å²) in [5.74, 6) is -1.55. The molecule has 29 heavy (non-hydrogen) atoms. The molecule has 2 aromatic rings. The Hall–Kier alpha value is -2.08. The van der Waals surface area contributed by atoms with E-state index in [0.29, 0.717) is 22.2 Å². The van der Waals surface area contributed by atoms with Crippen LogP contribution in [0.3, 0.4) is 0 Å². The van der Waals surface area contributed by atoms with Crippen molar-refractivity contribution in [3.8, 4) is 0 Å². The Kier molecular flexibility index (Phi) is 5.09. The van der Waals surface area contributed by atoms with E-state index in [0.717, 1.165) is 11.1 Å². The number of amides is 1. The summed E-state index contributed by atoms with van der Waals surface area (Å²) in [6.07, 6.45) is 0.649. The second kappa shape index (κ2) is 7.31. The maximum atomic E-state index is 13.6. The van der Waals surface area contributed by atoms with Crippen molar-refractivity contribution in [1.82, 2.24) is 5.32 Å². The molecule has 5 nitrogen and oxygen atoms in total. The van der Waals surface area contributed by atoms with Gasteiger partial charge in [-0.25, -0.2) is 0 Å². The molecular weight excluding hydrogens is 411 g/mol. The third-order valence-corrected chi connectivity index (χ3v) is 6.46. The number of hydrogen-bond acceptors (Lipinski definition) is 3. The molecule has 1 spiro atoms. The van der Waals surface area contributed by atoms with Crippen molar-refractivity contribution in [1.29, 1.82) is 0 Å². The Bertz CT molecular complexity index is 994. The number of hydrogen-bond donors (Lipinski definition) is 3. The highest BCUT2D eigenvalue weighted by atomic mass is 35.5. The Balaban J connectivity index is 2.00. The van der Waals surface area contributed by atoms with Gasteiger partial charge in [0, 0.05) is 27.7 Å². The molecule has 4 atom stereocenters. The Morgan fingerprint density at radius 1 is 1.17 bits per heavy atom. The van der Waals surface area contributed by atoms with Gasteiger partial charge >= 0.3 is 5.97 Å². The van der Waals surface area contributed by atoms with Crippen LogP contribution in [0.1, 0.15) is 37.3 Å². The van der Waals surface area contributed by atoms with Crippen LogP contribution in [-0.2, 0) is 15.0 Å². The highest BCUT2D eigenvalue weighted by Crippen LogP contribution is 2.56. The van der Waals surface area contributed by atoms with Gasteiger partial charge < -0.3 is 10.4 Å². The Labute approximate surface area is 179 Å². The van der Waals surface area contributed by atoms with E-state index in [1.54, 1.807) is 30.3 Å². The lowest BCUT2D eigenvalue weighted by Gasteiger charge is -2.35. The molecule has 2 aliphatic rings. The Morgan fingerprint density at radius 2 is 1.90 bits per heavy atom. The average molecular weight is 433 g/mol. The summed E-state index contributed by atoms with van der Waals surface area (Å²) in [6, 6.07) is 11.2. The summed E-state index contributed by atoms with van der Waals surface area (Å²) < 4.78 is 0. The van der Waals surface area contributed by atoms with Gasteiger partial charge in [0.1, 0.15) is 11.5 Å². The second-order valence-electron chi connectivity index (χ2n) is 8.21. The van der Waals surface area contributed by atoms with E-state index in [4.69, 9.17) is 23.2 Å². The number of aliphatic carboxylic acids is 1. The molecule has 0 bridgehead atoms. The normalized spacial score (nSPS) is 28.0. The number of anilines is 1. The largest absolute Gasteiger partial charge is 0.480 e. The fourth-order valence-electron chi connectivity index (χ4n) is 5.00. The lowest BCUT2D eigenvalue weighted by molar-refractivity contribution is -0.139. The molecule has 4 rings (SSSR count). The van der Waals surface area contributed by atoms with Crippen molar-refractivity contribution >= 4 is 40.8 Å². The maximum absolute atomic E-state index is 13.6. The van der Waals surface area contributed by atoms with Crippen LogP contribution in [-0.4, -0.2) is 29.1 Å². The van der Waals surface area contributed by atoms with Gasteiger partial charge in [-0.1, -0.05) is 55.2 Å². The van der Waals surface area contributed by atoms with Crippen molar-refractivity contribution in [2.24, 2.45) is 5.92 Å². The summed E-state index contributed by atoms with van der Waals surface area (Å²) in [4.78, 5) is 25.8. The molecule has 0 unspecified atom stereocenters. The number of benzene rings is 2. The summed E-state index contributed by atoms with van der Waals surface area (Å²) in [7, 11) is 0. The number of carbonyl (C=O) groups excluding carboxylic acids is 1. The monoisotopic (exact) mass is 432 g/mol. The minimum atomic E-state index is -1.07. The molecular formula is C22H22Cl2N2O3. The molecule has 0 radical (unpaired) electrons. The zero-order valence-electron chi connectivity index (χ0n) is 16.1. The van der Waals surface area contributed by atoms with E-state index < -0.39 is 23.3 Å². The SMILES string of the molecule is CC(C)C[C@@H]1N[C@H](C(=O)O)[C@@H](c2cccc(Cl)c2)[C@]12C(=O)Nc1cc(Cl)ccc12. The molecule has 2 aliphatic heterocycles. The van der Waals surface area contributed by atoms with Crippen molar-refractivity contribution in [2.75, 3.05) is 5.32 Å². The van der Waals surface area contributed by atoms with Gasteiger partial charge in [0.05, 0.1) is 0 Å². The van der Waals surface area contributed by atoms with Crippen LogP contribution in [0, 0.1) is 5.92 Å². The van der Waals surface area contributed by atoms with Crippen molar-refractivity contribution < 1.29 is 14.7 Å². The molecule has 1 saturated heterocycles. The predicted molar refractivity (Wildman–Crippen MR) is 114 cm³/mol. The fraction of sp³-hybridized carbons (Fsp3) is 0.364. The zero-order valence-corrected chi connectivity index (χ0v) is 17.6. The lowest BCUT2D eigenvalue weighted by Crippen LogP contribution is -2.48. The summed E-state index contributed by atoms with van der Waals surface area (Å²) >= 11 is 12.4. The molecule has 0 aliphatic carbocycles. The van der Waals surface area contributed by atoms with Gasteiger partial charge in [-0.2, -0.15) is 0 Å². The molecule has 0 aromatic heterocycles. The topological polar surface area (TPSA) is 78.4 Å². The minimum absolute atomic E-state index is 0.207. The van der Waals surface area contributed by atoms with Crippen LogP contribution in [0.15, 0.2) is 42.5 Å². The van der Waals surface area contributed by atoms with E-state index in [2.05, 4.69) is 24.5 Å². The van der Waals surface area contributed by atoms with Crippen LogP contribution in [0.25, 0.3) is 0 Å². The van der Waals surface area contributed by atoms with E-state index in [1.807, 2.05) is 12.1 Å². The number of halogens is 2. The van der Waals surface area contributed by atoms with E-state index in [9.17, 15) is 14.7 Å². The number of carboxylic acid groups (broad SMARTS) is 1. The molecule has 1 fully saturated rings. The number of carbonyl (C=O) groups is 2. The van der Waals surface area contributed by atoms with Gasteiger partial charge in [-0.05, 0) is 47.7 Å². The first-order valence-electron chi connectivity index (χ1n) is 9.61. The van der Waals surface area contributed by atoms with Crippen molar-refractivity contribution in [3.63, 3.8) is 0 Å². The number of fused-ring (bicyclic) bond motifs is 2. The van der Waals surface area contributed by atoms with E-state index >= 15 is 0 Å². The quantitative estimate of drug-likeness (QED) is 0.667. The van der Waals surface area contributed by atoms with Gasteiger partial charge in [-0.3, -0.25) is 14.9 Å². The summed E-state index contributed by atoms with van der Waals surface area (Å²) in [5.41, 5.74) is 1.06. The second-order valence-corrected chi connectivity index (χ2v) is 9.08. The van der Waals surface area contributed by atoms with Crippen LogP contribution in [0.4, 0.5) is 5.69 Å². The van der Waals surface area contributed by atoms with Crippen LogP contribution in [0.2, 0.25) is 10.0 Å². The summed E-state index contributed by atoms with van der Waals surface area (Å²) in [6.45, 7) is 4.13. The van der Waals surface area contributed by atoms with Crippen LogP contribution >= 0.6 is 23.2 Å². The first-order valence-corrected chi connectivity index (χ1v) is 10.4. The predicted octanol–water partition coefficient (Wildman–Crippen LogP) is 4.44. The first kappa shape index (κ1) is 20.2. The smallest absolute Gasteiger partial charge is 0.321 e. The number of rotatable bonds is 4. The van der Waals surface area contributed by atoms with Crippen LogP contribution < -0.4 is 10.6 Å². The van der Waals surface area contributed by atoms with Crippen molar-refractivity contribution in [3.05, 3.63) is 63.6 Å². The number of carboxylic acids is 1. The van der Waals surface area contributed by atoms with Gasteiger partial charge in [0.25, 0.3) is 0 Å². The highest BCUT2D eigenvalue weighted by Gasteiger charge is 2.65. The molecule has 2 aromatic carbocycles. The molecule has 1 amide bonds. The maximum Gasteiger partial charge on any atom is 0.321 e. The molecule has 7 heteroatoms. The molecule has 152 valence electrons. The highest BCUT2D eigenvalue weighted by molar-refractivity contribution is 6.31. The van der Waals surface area contributed by atoms with Gasteiger partial charge in [0.15, 0.2) is 0 Å². The van der Waals surface area contributed by atoms with E-state index in [1.165, 1.54) is 0 Å². The summed E-state index contributed by atoms with van der Waals surface area (Å²) in [5, 5.41) is 17.3. The third-order valence-electron chi connectivity index (χ3n) is 5.99. The minimum Gasteiger partial charge on any atom is -0.480 e. The Morgan fingerprint density at radius 3 is 2.55 bits per heavy atom. The average Bonchev–Trinajstić information content (AvgIpc) is 3.11. The molecule has 3 N–H and O–H groups in total. The number of nitrogens with one attached hydrogen (secondary N) is 2. The van der Waals surface area contributed by atoms with Gasteiger partial charge in [-0.15, -0.1) is 0 Å². The molecule has 2 heterocycles. The standard InChI is InChI=1S/C22H22Cl2N2O3/c1-11(2)8-17-22(15-7-6-14(24)10-16(15)25-21(22)29)18(19(26-17)20(27)28)12-4-3-5-13(23)9-12/h3-7,9-11,17-19,26H,8H2,1-2H3,(H,25,29)(H,27,28)/t17-,18+,19-,22+/m0/s1. The van der Waals surface area contributed by atoms with Crippen LogP contribution in [0.5, 0.6) is 0 Å². The lowest BCUT2D eigenvalue weighted by atomic mass is 9.63. The van der Waals surface area contributed by atoms with Gasteiger partial charge in [0.2, 0.25) is 5.91 Å². The molecule has 0 saturated carbocycles. The van der Waals surface area contributed by atoms with Crippen molar-refractivity contribution in [2.45, 2.75) is 43.7 Å². The first-order chi connectivity index (χ1) is 13.7. The zero-order chi connectivity index (χ0) is 20.9.